The summed E-state index contributed by atoms with van der Waals surface area (Å²) >= 11 is 12.0. The van der Waals surface area contributed by atoms with Crippen LogP contribution in [0.5, 0.6) is 0 Å². The molecule has 0 spiro atoms. The number of amides is 1. The number of nitrogens with zero attached hydrogens (tertiary/aromatic N) is 2. The summed E-state index contributed by atoms with van der Waals surface area (Å²) in [5.74, 6) is 0.0192. The van der Waals surface area contributed by atoms with Crippen molar-refractivity contribution in [2.24, 2.45) is 0 Å². The Balaban J connectivity index is 1.59. The molecule has 8 nitrogen and oxygen atoms in total. The van der Waals surface area contributed by atoms with Crippen molar-refractivity contribution in [1.82, 2.24) is 10.4 Å². The van der Waals surface area contributed by atoms with E-state index in [1.165, 1.54) is 6.20 Å². The van der Waals surface area contributed by atoms with Crippen molar-refractivity contribution < 1.29 is 27.3 Å². The van der Waals surface area contributed by atoms with Crippen LogP contribution in [-0.4, -0.2) is 15.8 Å². The highest BCUT2D eigenvalue weighted by atomic mass is 35.5. The molecule has 0 fully saturated rings. The summed E-state index contributed by atoms with van der Waals surface area (Å²) < 4.78 is 43.8. The molecule has 0 aliphatic heterocycles. The van der Waals surface area contributed by atoms with Crippen LogP contribution in [0.3, 0.4) is 0 Å². The first-order valence-corrected chi connectivity index (χ1v) is 9.61. The van der Waals surface area contributed by atoms with Gasteiger partial charge in [-0.3, -0.25) is 25.8 Å². The van der Waals surface area contributed by atoms with Gasteiger partial charge in [-0.2, -0.15) is 13.2 Å². The Hall–Kier alpha value is -3.31. The lowest BCUT2D eigenvalue weighted by molar-refractivity contribution is -0.384. The number of aromatic nitrogens is 1. The Bertz CT molecular complexity index is 1170. The molecule has 1 amide bonds. The average molecular weight is 489 g/mol. The third kappa shape index (κ3) is 5.68. The summed E-state index contributed by atoms with van der Waals surface area (Å²) in [6.45, 7) is 0. The number of nitro benzene ring substituents is 1. The lowest BCUT2D eigenvalue weighted by Crippen LogP contribution is -2.30. The minimum atomic E-state index is -4.74. The fourth-order valence-electron chi connectivity index (χ4n) is 2.62. The highest BCUT2D eigenvalue weighted by molar-refractivity contribution is 6.36. The first-order valence-electron chi connectivity index (χ1n) is 8.85. The topological polar surface area (TPSA) is 110 Å². The van der Waals surface area contributed by atoms with Gasteiger partial charge in [0.25, 0.3) is 5.69 Å². The van der Waals surface area contributed by atoms with E-state index in [4.69, 9.17) is 27.6 Å². The second-order valence-corrected chi connectivity index (χ2v) is 7.25. The highest BCUT2D eigenvalue weighted by Crippen LogP contribution is 2.35. The van der Waals surface area contributed by atoms with Gasteiger partial charge in [0.1, 0.15) is 5.69 Å². The third-order valence-electron chi connectivity index (χ3n) is 4.17. The molecule has 0 radical (unpaired) electrons. The van der Waals surface area contributed by atoms with Crippen molar-refractivity contribution in [2.45, 2.75) is 19.0 Å². The fraction of sp³-hybridized carbons (Fsp3) is 0.158. The van der Waals surface area contributed by atoms with E-state index in [0.29, 0.717) is 33.5 Å². The van der Waals surface area contributed by atoms with Crippen LogP contribution >= 0.6 is 23.2 Å². The highest BCUT2D eigenvalue weighted by Gasteiger charge is 2.33. The van der Waals surface area contributed by atoms with Crippen molar-refractivity contribution in [3.63, 3.8) is 0 Å². The number of carbonyl (C=O) groups excluding carboxylic acids is 1. The molecule has 0 bridgehead atoms. The summed E-state index contributed by atoms with van der Waals surface area (Å²) in [7, 11) is 0. The number of hydrogen-bond donors (Lipinski definition) is 2. The van der Waals surface area contributed by atoms with Crippen LogP contribution in [-0.2, 0) is 17.4 Å². The van der Waals surface area contributed by atoms with Gasteiger partial charge in [0.05, 0.1) is 21.7 Å². The molecule has 1 aromatic heterocycles. The number of hydrazine groups is 1. The second kappa shape index (κ2) is 9.45. The third-order valence-corrected chi connectivity index (χ3v) is 4.72. The monoisotopic (exact) mass is 488 g/mol. The molecular formula is C19H13Cl2F3N4O4. The Morgan fingerprint density at radius 2 is 1.94 bits per heavy atom. The normalized spacial score (nSPS) is 11.3. The number of anilines is 1. The molecule has 168 valence electrons. The van der Waals surface area contributed by atoms with Crippen LogP contribution in [0, 0.1) is 10.1 Å². The summed E-state index contributed by atoms with van der Waals surface area (Å²) in [5, 5.41) is 11.9. The summed E-state index contributed by atoms with van der Waals surface area (Å²) in [5.41, 5.74) is 2.71. The molecular weight excluding hydrogens is 476 g/mol. The van der Waals surface area contributed by atoms with Crippen LogP contribution < -0.4 is 10.9 Å². The number of oxazole rings is 1. The van der Waals surface area contributed by atoms with E-state index in [9.17, 15) is 28.1 Å². The van der Waals surface area contributed by atoms with Crippen LogP contribution in [0.25, 0.3) is 11.3 Å². The number of nitro groups is 1. The molecule has 2 aromatic carbocycles. The summed E-state index contributed by atoms with van der Waals surface area (Å²) in [6.07, 6.45) is -3.33. The van der Waals surface area contributed by atoms with E-state index < -0.39 is 28.3 Å². The molecule has 3 aromatic rings. The van der Waals surface area contributed by atoms with Gasteiger partial charge in [-0.05, 0) is 30.3 Å². The lowest BCUT2D eigenvalue weighted by atomic mass is 10.1. The van der Waals surface area contributed by atoms with Crippen molar-refractivity contribution in [3.8, 4) is 11.3 Å². The molecule has 0 saturated heterocycles. The first kappa shape index (κ1) is 23.4. The second-order valence-electron chi connectivity index (χ2n) is 6.40. The number of hydrogen-bond acceptors (Lipinski definition) is 6. The molecule has 0 unspecified atom stereocenters. The van der Waals surface area contributed by atoms with Crippen LogP contribution in [0.15, 0.2) is 47.0 Å². The van der Waals surface area contributed by atoms with E-state index in [-0.39, 0.29) is 24.4 Å². The van der Waals surface area contributed by atoms with E-state index >= 15 is 0 Å². The zero-order valence-corrected chi connectivity index (χ0v) is 17.4. The van der Waals surface area contributed by atoms with Crippen LogP contribution in [0.4, 0.5) is 24.5 Å². The Morgan fingerprint density at radius 3 is 2.59 bits per heavy atom. The van der Waals surface area contributed by atoms with Crippen molar-refractivity contribution in [3.05, 3.63) is 74.2 Å². The predicted octanol–water partition coefficient (Wildman–Crippen LogP) is 5.65. The maximum Gasteiger partial charge on any atom is 0.416 e. The summed E-state index contributed by atoms with van der Waals surface area (Å²) in [6, 6.07) is 6.73. The number of halogens is 5. The minimum absolute atomic E-state index is 0.0911. The SMILES string of the molecule is O=C(CCc1ncc(-c2ccc(Cl)cc2Cl)o1)NNc1ccc(C(F)(F)F)cc1[N+](=O)[O-]. The zero-order chi connectivity index (χ0) is 23.5. The number of nitrogens with one attached hydrogen (secondary N) is 2. The van der Waals surface area contributed by atoms with Crippen molar-refractivity contribution in [1.29, 1.82) is 0 Å². The maximum absolute atomic E-state index is 12.7. The van der Waals surface area contributed by atoms with Crippen LogP contribution in [0.2, 0.25) is 10.0 Å². The Labute approximate surface area is 188 Å². The number of rotatable bonds is 7. The first-order chi connectivity index (χ1) is 15.0. The van der Waals surface area contributed by atoms with Gasteiger partial charge in [-0.1, -0.05) is 23.2 Å². The fourth-order valence-corrected chi connectivity index (χ4v) is 3.13. The van der Waals surface area contributed by atoms with Gasteiger partial charge in [0.2, 0.25) is 5.91 Å². The maximum atomic E-state index is 12.7. The number of aryl methyl sites for hydroxylation is 1. The van der Waals surface area contributed by atoms with Gasteiger partial charge in [-0.25, -0.2) is 4.98 Å². The standard InChI is InChI=1S/C19H13Cl2F3N4O4/c20-11-2-3-12(13(21)8-11)16-9-25-18(32-16)6-5-17(29)27-26-14-4-1-10(19(22,23)24)7-15(14)28(30)31/h1-4,7-9,26H,5-6H2,(H,27,29). The van der Waals surface area contributed by atoms with Gasteiger partial charge in [0.15, 0.2) is 11.7 Å². The van der Waals surface area contributed by atoms with Gasteiger partial charge >= 0.3 is 6.18 Å². The molecule has 0 atom stereocenters. The van der Waals surface area contributed by atoms with Crippen molar-refractivity contribution >= 4 is 40.5 Å². The number of benzene rings is 2. The van der Waals surface area contributed by atoms with E-state index in [1.807, 2.05) is 0 Å². The molecule has 0 aliphatic rings. The molecule has 32 heavy (non-hydrogen) atoms. The summed E-state index contributed by atoms with van der Waals surface area (Å²) in [4.78, 5) is 26.2. The van der Waals surface area contributed by atoms with Crippen molar-refractivity contribution in [2.75, 3.05) is 5.43 Å². The Kier molecular flexibility index (Phi) is 6.90. The number of carbonyl (C=O) groups is 1. The zero-order valence-electron chi connectivity index (χ0n) is 15.9. The number of alkyl halides is 3. The van der Waals surface area contributed by atoms with E-state index in [0.717, 1.165) is 6.07 Å². The van der Waals surface area contributed by atoms with E-state index in [1.54, 1.807) is 18.2 Å². The van der Waals surface area contributed by atoms with Crippen LogP contribution in [0.1, 0.15) is 17.9 Å². The largest absolute Gasteiger partial charge is 0.441 e. The lowest BCUT2D eigenvalue weighted by Gasteiger charge is -2.11. The molecule has 3 rings (SSSR count). The van der Waals surface area contributed by atoms with Gasteiger partial charge in [0, 0.05) is 29.5 Å². The molecule has 2 N–H and O–H groups in total. The molecule has 1 heterocycles. The Morgan fingerprint density at radius 1 is 1.19 bits per heavy atom. The van der Waals surface area contributed by atoms with E-state index in [2.05, 4.69) is 15.8 Å². The molecule has 0 saturated carbocycles. The quantitative estimate of drug-likeness (QED) is 0.328. The molecule has 13 heteroatoms. The smallest absolute Gasteiger partial charge is 0.416 e. The van der Waals surface area contributed by atoms with Gasteiger partial charge in [-0.15, -0.1) is 0 Å². The predicted molar refractivity (Wildman–Crippen MR) is 110 cm³/mol. The average Bonchev–Trinajstić information content (AvgIpc) is 3.18. The van der Waals surface area contributed by atoms with Gasteiger partial charge < -0.3 is 4.42 Å². The minimum Gasteiger partial charge on any atom is -0.441 e. The molecule has 0 aliphatic carbocycles.